The topological polar surface area (TPSA) is 86.5 Å². The van der Waals surface area contributed by atoms with E-state index in [0.29, 0.717) is 48.6 Å². The fourth-order valence-corrected chi connectivity index (χ4v) is 3.38. The number of carbonyl (C=O) groups is 1. The van der Waals surface area contributed by atoms with Crippen molar-refractivity contribution in [2.75, 3.05) is 33.3 Å². The van der Waals surface area contributed by atoms with E-state index in [1.807, 2.05) is 4.90 Å². The molecule has 1 saturated heterocycles. The maximum absolute atomic E-state index is 12.5. The van der Waals surface area contributed by atoms with Crippen LogP contribution >= 0.6 is 0 Å². The number of piperidine rings is 1. The van der Waals surface area contributed by atoms with Crippen molar-refractivity contribution in [2.24, 2.45) is 15.9 Å². The van der Waals surface area contributed by atoms with E-state index >= 15 is 0 Å². The van der Waals surface area contributed by atoms with Gasteiger partial charge in [0.15, 0.2) is 0 Å². The van der Waals surface area contributed by atoms with Crippen LogP contribution in [0.2, 0.25) is 0 Å². The highest BCUT2D eigenvalue weighted by Crippen LogP contribution is 2.27. The van der Waals surface area contributed by atoms with Crippen LogP contribution in [0.3, 0.4) is 0 Å². The quantitative estimate of drug-likeness (QED) is 0.609. The van der Waals surface area contributed by atoms with E-state index in [9.17, 15) is 18.0 Å². The number of nitrogens with one attached hydrogen (secondary N) is 1. The van der Waals surface area contributed by atoms with Gasteiger partial charge in [0.25, 0.3) is 0 Å². The van der Waals surface area contributed by atoms with Gasteiger partial charge >= 0.3 is 6.36 Å². The third-order valence-corrected chi connectivity index (χ3v) is 4.97. The minimum absolute atomic E-state index is 0.0711. The first-order chi connectivity index (χ1) is 14.7. The second-order valence-electron chi connectivity index (χ2n) is 7.07. The molecule has 0 aliphatic carbocycles. The number of aliphatic imine (C=N–C) groups is 2. The molecule has 2 N–H and O–H groups in total. The monoisotopic (exact) mass is 440 g/mol. The number of carbonyl (C=O) groups excluding carboxylic acids is 1. The smallest absolute Gasteiger partial charge is 0.406 e. The molecule has 170 valence electrons. The fraction of sp³-hybridized carbons (Fsp3) is 0.476. The lowest BCUT2D eigenvalue weighted by molar-refractivity contribution is -0.274. The minimum Gasteiger partial charge on any atom is -0.406 e. The Hall–Kier alpha value is -2.88. The van der Waals surface area contributed by atoms with Gasteiger partial charge in [-0.05, 0) is 50.2 Å². The van der Waals surface area contributed by atoms with Gasteiger partial charge in [0.05, 0.1) is 12.3 Å². The summed E-state index contributed by atoms with van der Waals surface area (Å²) >= 11 is 0. The molecule has 1 aliphatic heterocycles. The van der Waals surface area contributed by atoms with Gasteiger partial charge in [-0.3, -0.25) is 9.79 Å². The van der Waals surface area contributed by atoms with E-state index in [1.54, 1.807) is 19.2 Å². The average molecular weight is 440 g/mol. The van der Waals surface area contributed by atoms with Crippen LogP contribution in [0, 0.1) is 12.8 Å². The van der Waals surface area contributed by atoms with Crippen LogP contribution in [0.5, 0.6) is 5.75 Å². The summed E-state index contributed by atoms with van der Waals surface area (Å²) in [6.45, 7) is 6.47. The first kappa shape index (κ1) is 24.4. The van der Waals surface area contributed by atoms with Gasteiger partial charge in [0, 0.05) is 44.2 Å². The Kier molecular flexibility index (Phi) is 8.61. The highest BCUT2D eigenvalue weighted by molar-refractivity contribution is 6.09. The number of allylic oxidation sites excluding steroid dienone is 1. The Morgan fingerprint density at radius 3 is 2.58 bits per heavy atom. The second-order valence-corrected chi connectivity index (χ2v) is 7.07. The number of aryl methyl sites for hydroxylation is 1. The lowest BCUT2D eigenvalue weighted by Gasteiger charge is -2.32. The molecule has 1 heterocycles. The minimum atomic E-state index is -4.76. The summed E-state index contributed by atoms with van der Waals surface area (Å²) < 4.78 is 41.5. The van der Waals surface area contributed by atoms with Crippen molar-refractivity contribution in [1.82, 2.24) is 10.2 Å². The van der Waals surface area contributed by atoms with Crippen molar-refractivity contribution in [3.8, 4) is 5.75 Å². The number of nitrogens with zero attached hydrogens (tertiary/aromatic N) is 3. The molecule has 0 radical (unpaired) electrons. The zero-order valence-electron chi connectivity index (χ0n) is 17.6. The van der Waals surface area contributed by atoms with Crippen molar-refractivity contribution in [1.29, 1.82) is 0 Å². The maximum Gasteiger partial charge on any atom is 0.573 e. The molecular weight excluding hydrogens is 413 g/mol. The van der Waals surface area contributed by atoms with Gasteiger partial charge in [-0.2, -0.15) is 0 Å². The Labute approximate surface area is 179 Å². The number of halogens is 3. The van der Waals surface area contributed by atoms with Crippen LogP contribution < -0.4 is 10.1 Å². The molecule has 0 unspecified atom stereocenters. The third-order valence-electron chi connectivity index (χ3n) is 4.97. The highest BCUT2D eigenvalue weighted by atomic mass is 19.4. The SMILES string of the molecule is C=N/C(=C\C(=NC)c1ccc(OC(F)(F)F)c(C)c1)N1CCC(C(=O)NCCO)CC1. The third kappa shape index (κ3) is 7.09. The standard InChI is InChI=1S/C21H27F3N4O3/c1-14-12-16(4-5-18(14)31-21(22,23)24)17(25-2)13-19(26-3)28-9-6-15(7-10-28)20(30)27-8-11-29/h4-5,12-13,15,29H,3,6-11H2,1-2H3,(H,27,30)/b19-13+,25-17?. The molecule has 1 fully saturated rings. The number of alkyl halides is 3. The molecule has 0 bridgehead atoms. The Balaban J connectivity index is 2.12. The van der Waals surface area contributed by atoms with Crippen LogP contribution in [0.15, 0.2) is 40.1 Å². The molecule has 0 aromatic heterocycles. The van der Waals surface area contributed by atoms with Gasteiger partial charge in [-0.25, -0.2) is 4.99 Å². The van der Waals surface area contributed by atoms with E-state index in [0.717, 1.165) is 0 Å². The number of aliphatic hydroxyl groups excluding tert-OH is 1. The summed E-state index contributed by atoms with van der Waals surface area (Å²) in [5.74, 6) is 0.109. The normalized spacial score (nSPS) is 16.3. The van der Waals surface area contributed by atoms with Gasteiger partial charge in [-0.15, -0.1) is 13.2 Å². The predicted octanol–water partition coefficient (Wildman–Crippen LogP) is 2.68. The number of aliphatic hydroxyl groups is 1. The number of amides is 1. The van der Waals surface area contributed by atoms with E-state index in [2.05, 4.69) is 26.8 Å². The number of likely N-dealkylation sites (tertiary alicyclic amines) is 1. The highest BCUT2D eigenvalue weighted by Gasteiger charge is 2.31. The zero-order chi connectivity index (χ0) is 23.0. The van der Waals surface area contributed by atoms with Crippen LogP contribution in [0.4, 0.5) is 13.2 Å². The summed E-state index contributed by atoms with van der Waals surface area (Å²) in [6, 6.07) is 4.33. The number of hydrogen-bond donors (Lipinski definition) is 2. The lowest BCUT2D eigenvalue weighted by atomic mass is 9.96. The zero-order valence-corrected chi connectivity index (χ0v) is 17.6. The summed E-state index contributed by atoms with van der Waals surface area (Å²) in [6.07, 6.45) is -1.77. The molecule has 1 aromatic carbocycles. The maximum atomic E-state index is 12.5. The summed E-state index contributed by atoms with van der Waals surface area (Å²) in [7, 11) is 1.58. The lowest BCUT2D eigenvalue weighted by Crippen LogP contribution is -2.40. The van der Waals surface area contributed by atoms with Crippen LogP contribution in [0.25, 0.3) is 0 Å². The van der Waals surface area contributed by atoms with Crippen molar-refractivity contribution >= 4 is 18.3 Å². The predicted molar refractivity (Wildman–Crippen MR) is 112 cm³/mol. The first-order valence-corrected chi connectivity index (χ1v) is 9.84. The summed E-state index contributed by atoms with van der Waals surface area (Å²) in [4.78, 5) is 22.4. The molecule has 1 aliphatic rings. The first-order valence-electron chi connectivity index (χ1n) is 9.84. The van der Waals surface area contributed by atoms with Gasteiger partial charge in [0.1, 0.15) is 11.6 Å². The molecule has 0 atom stereocenters. The summed E-state index contributed by atoms with van der Waals surface area (Å²) in [5, 5.41) is 11.5. The average Bonchev–Trinajstić information content (AvgIpc) is 2.74. The molecule has 31 heavy (non-hydrogen) atoms. The van der Waals surface area contributed by atoms with E-state index in [1.165, 1.54) is 19.1 Å². The van der Waals surface area contributed by atoms with Crippen molar-refractivity contribution in [3.63, 3.8) is 0 Å². The van der Waals surface area contributed by atoms with Crippen molar-refractivity contribution in [2.45, 2.75) is 26.1 Å². The van der Waals surface area contributed by atoms with E-state index in [4.69, 9.17) is 5.11 Å². The van der Waals surface area contributed by atoms with E-state index < -0.39 is 6.36 Å². The Morgan fingerprint density at radius 1 is 1.39 bits per heavy atom. The molecule has 1 aromatic rings. The molecule has 7 nitrogen and oxygen atoms in total. The van der Waals surface area contributed by atoms with Crippen molar-refractivity contribution < 1.29 is 27.8 Å². The molecule has 0 saturated carbocycles. The summed E-state index contributed by atoms with van der Waals surface area (Å²) in [5.41, 5.74) is 1.48. The molecule has 0 spiro atoms. The van der Waals surface area contributed by atoms with Gasteiger partial charge in [0.2, 0.25) is 5.91 Å². The van der Waals surface area contributed by atoms with Crippen LogP contribution in [-0.2, 0) is 4.79 Å². The van der Waals surface area contributed by atoms with Crippen LogP contribution in [0.1, 0.15) is 24.0 Å². The largest absolute Gasteiger partial charge is 0.573 e. The number of benzene rings is 1. The number of ether oxygens (including phenoxy) is 1. The van der Waals surface area contributed by atoms with Crippen LogP contribution in [-0.4, -0.2) is 68.0 Å². The second kappa shape index (κ2) is 10.9. The Morgan fingerprint density at radius 2 is 2.06 bits per heavy atom. The Bertz CT molecular complexity index is 845. The molecule has 2 rings (SSSR count). The van der Waals surface area contributed by atoms with Gasteiger partial charge < -0.3 is 20.1 Å². The molecule has 10 heteroatoms. The number of rotatable bonds is 8. The number of hydrogen-bond acceptors (Lipinski definition) is 6. The van der Waals surface area contributed by atoms with E-state index in [-0.39, 0.29) is 30.7 Å². The van der Waals surface area contributed by atoms with Gasteiger partial charge in [-0.1, -0.05) is 0 Å². The fourth-order valence-electron chi connectivity index (χ4n) is 3.38. The molecule has 1 amide bonds. The molecular formula is C21H27F3N4O3. The van der Waals surface area contributed by atoms with Crippen molar-refractivity contribution in [3.05, 3.63) is 41.2 Å².